The Morgan fingerprint density at radius 1 is 1.24 bits per heavy atom. The molecule has 0 bridgehead atoms. The van der Waals surface area contributed by atoms with Crippen LogP contribution in [-0.2, 0) is 0 Å². The number of anilines is 1. The Morgan fingerprint density at radius 3 is 2.48 bits per heavy atom. The molecule has 1 N–H and O–H groups in total. The SMILES string of the molecule is CC(C)(C)C#Cc1cc(N(CC2CC2)C(=O)c2ccc(Cl)cc2Cl)c(C(=O)O)s1. The highest BCUT2D eigenvalue weighted by atomic mass is 35.5. The summed E-state index contributed by atoms with van der Waals surface area (Å²) in [5, 5.41) is 10.4. The zero-order valence-electron chi connectivity index (χ0n) is 16.4. The van der Waals surface area contributed by atoms with Gasteiger partial charge in [0.25, 0.3) is 5.91 Å². The Hall–Kier alpha value is -2.00. The van der Waals surface area contributed by atoms with Gasteiger partial charge in [-0.05, 0) is 63.8 Å². The molecule has 1 aliphatic carbocycles. The van der Waals surface area contributed by atoms with E-state index >= 15 is 0 Å². The summed E-state index contributed by atoms with van der Waals surface area (Å²) < 4.78 is 0. The van der Waals surface area contributed by atoms with Crippen molar-refractivity contribution in [1.82, 2.24) is 0 Å². The van der Waals surface area contributed by atoms with E-state index in [9.17, 15) is 14.7 Å². The van der Waals surface area contributed by atoms with Gasteiger partial charge in [0, 0.05) is 17.0 Å². The van der Waals surface area contributed by atoms with Gasteiger partial charge in [-0.2, -0.15) is 0 Å². The third-order valence-corrected chi connectivity index (χ3v) is 5.88. The van der Waals surface area contributed by atoms with Crippen LogP contribution in [-0.4, -0.2) is 23.5 Å². The molecule has 1 aliphatic rings. The average molecular weight is 450 g/mol. The van der Waals surface area contributed by atoms with Gasteiger partial charge in [-0.25, -0.2) is 4.79 Å². The summed E-state index contributed by atoms with van der Waals surface area (Å²) >= 11 is 13.3. The van der Waals surface area contributed by atoms with E-state index in [1.165, 1.54) is 11.0 Å². The number of carboxylic acid groups (broad SMARTS) is 1. The second-order valence-electron chi connectivity index (χ2n) is 8.11. The molecule has 0 atom stereocenters. The average Bonchev–Trinajstić information content (AvgIpc) is 3.33. The highest BCUT2D eigenvalue weighted by molar-refractivity contribution is 7.15. The van der Waals surface area contributed by atoms with Crippen molar-refractivity contribution < 1.29 is 14.7 Å². The van der Waals surface area contributed by atoms with Crippen LogP contribution < -0.4 is 4.90 Å². The van der Waals surface area contributed by atoms with Gasteiger partial charge in [-0.15, -0.1) is 11.3 Å². The fraction of sp³-hybridized carbons (Fsp3) is 0.364. The van der Waals surface area contributed by atoms with Gasteiger partial charge in [0.2, 0.25) is 0 Å². The number of carbonyl (C=O) groups is 2. The fourth-order valence-electron chi connectivity index (χ4n) is 2.70. The number of rotatable bonds is 5. The van der Waals surface area contributed by atoms with E-state index in [0.29, 0.717) is 33.6 Å². The Morgan fingerprint density at radius 2 is 1.93 bits per heavy atom. The van der Waals surface area contributed by atoms with E-state index in [1.54, 1.807) is 18.2 Å². The van der Waals surface area contributed by atoms with E-state index in [2.05, 4.69) is 11.8 Å². The first-order chi connectivity index (χ1) is 13.5. The minimum Gasteiger partial charge on any atom is -0.477 e. The molecule has 3 rings (SSSR count). The summed E-state index contributed by atoms with van der Waals surface area (Å²) in [5.41, 5.74) is 0.443. The van der Waals surface area contributed by atoms with Gasteiger partial charge in [0.1, 0.15) is 4.88 Å². The molecule has 1 aromatic carbocycles. The zero-order chi connectivity index (χ0) is 21.3. The van der Waals surface area contributed by atoms with Crippen molar-refractivity contribution in [2.75, 3.05) is 11.4 Å². The van der Waals surface area contributed by atoms with Gasteiger partial charge >= 0.3 is 5.97 Å². The largest absolute Gasteiger partial charge is 0.477 e. The van der Waals surface area contributed by atoms with Gasteiger partial charge < -0.3 is 10.0 Å². The number of thiophene rings is 1. The van der Waals surface area contributed by atoms with E-state index in [1.807, 2.05) is 20.8 Å². The monoisotopic (exact) mass is 449 g/mol. The van der Waals surface area contributed by atoms with Gasteiger partial charge in [-0.1, -0.05) is 35.0 Å². The summed E-state index contributed by atoms with van der Waals surface area (Å²) in [6.45, 7) is 6.40. The lowest BCUT2D eigenvalue weighted by Crippen LogP contribution is -2.33. The van der Waals surface area contributed by atoms with Crippen molar-refractivity contribution in [3.05, 3.63) is 49.6 Å². The first-order valence-corrected chi connectivity index (χ1v) is 10.8. The van der Waals surface area contributed by atoms with Crippen molar-refractivity contribution in [3.8, 4) is 11.8 Å². The van der Waals surface area contributed by atoms with E-state index in [4.69, 9.17) is 23.2 Å². The zero-order valence-corrected chi connectivity index (χ0v) is 18.7. The minimum atomic E-state index is -1.08. The quantitative estimate of drug-likeness (QED) is 0.552. The maximum absolute atomic E-state index is 13.3. The van der Waals surface area contributed by atoms with Gasteiger partial charge in [0.15, 0.2) is 0 Å². The Bertz CT molecular complexity index is 1020. The molecule has 2 aromatic rings. The molecule has 152 valence electrons. The van der Waals surface area contributed by atoms with Crippen molar-refractivity contribution >= 4 is 52.1 Å². The van der Waals surface area contributed by atoms with Crippen LogP contribution in [0, 0.1) is 23.2 Å². The topological polar surface area (TPSA) is 57.6 Å². The molecular formula is C22H21Cl2NO3S. The number of hydrogen-bond donors (Lipinski definition) is 1. The lowest BCUT2D eigenvalue weighted by molar-refractivity contribution is 0.0703. The second kappa shape index (κ2) is 8.39. The molecule has 1 saturated carbocycles. The Balaban J connectivity index is 2.06. The van der Waals surface area contributed by atoms with Crippen molar-refractivity contribution in [1.29, 1.82) is 0 Å². The van der Waals surface area contributed by atoms with Crippen molar-refractivity contribution in [2.45, 2.75) is 33.6 Å². The lowest BCUT2D eigenvalue weighted by Gasteiger charge is -2.23. The van der Waals surface area contributed by atoms with E-state index < -0.39 is 5.97 Å². The summed E-state index contributed by atoms with van der Waals surface area (Å²) in [5.74, 6) is 5.10. The highest BCUT2D eigenvalue weighted by Gasteiger charge is 2.32. The number of nitrogens with zero attached hydrogens (tertiary/aromatic N) is 1. The van der Waals surface area contributed by atoms with Crippen LogP contribution in [0.5, 0.6) is 0 Å². The second-order valence-corrected chi connectivity index (χ2v) is 10.0. The molecule has 0 aliphatic heterocycles. The van der Waals surface area contributed by atoms with Crippen LogP contribution in [0.4, 0.5) is 5.69 Å². The van der Waals surface area contributed by atoms with Crippen molar-refractivity contribution in [3.63, 3.8) is 0 Å². The molecular weight excluding hydrogens is 429 g/mol. The third-order valence-electron chi connectivity index (χ3n) is 4.30. The molecule has 1 fully saturated rings. The first-order valence-electron chi connectivity index (χ1n) is 9.22. The number of halogens is 2. The van der Waals surface area contributed by atoms with Crippen LogP contribution in [0.1, 0.15) is 58.5 Å². The maximum Gasteiger partial charge on any atom is 0.348 e. The molecule has 1 aromatic heterocycles. The predicted octanol–water partition coefficient (Wildman–Crippen LogP) is 6.21. The molecule has 1 amide bonds. The molecule has 7 heteroatoms. The molecule has 29 heavy (non-hydrogen) atoms. The van der Waals surface area contributed by atoms with Crippen LogP contribution in [0.15, 0.2) is 24.3 Å². The van der Waals surface area contributed by atoms with Gasteiger partial charge in [-0.3, -0.25) is 4.79 Å². The fourth-order valence-corrected chi connectivity index (χ4v) is 4.05. The van der Waals surface area contributed by atoms with Gasteiger partial charge in [0.05, 0.1) is 21.2 Å². The Kier molecular flexibility index (Phi) is 6.28. The summed E-state index contributed by atoms with van der Waals surface area (Å²) in [4.78, 5) is 27.4. The first kappa shape index (κ1) is 21.7. The summed E-state index contributed by atoms with van der Waals surface area (Å²) in [7, 11) is 0. The third kappa shape index (κ3) is 5.54. The van der Waals surface area contributed by atoms with E-state index in [-0.39, 0.29) is 21.2 Å². The molecule has 0 spiro atoms. The lowest BCUT2D eigenvalue weighted by atomic mass is 9.98. The number of amides is 1. The number of carboxylic acids is 1. The standard InChI is InChI=1S/C22H21Cl2NO3S/c1-22(2,3)9-8-15-11-18(19(29-15)21(27)28)25(12-13-4-5-13)20(26)16-7-6-14(23)10-17(16)24/h6-7,10-11,13H,4-5,12H2,1-3H3,(H,27,28). The number of benzene rings is 1. The van der Waals surface area contributed by atoms with Crippen LogP contribution in [0.25, 0.3) is 0 Å². The highest BCUT2D eigenvalue weighted by Crippen LogP contribution is 2.37. The van der Waals surface area contributed by atoms with E-state index in [0.717, 1.165) is 24.2 Å². The van der Waals surface area contributed by atoms with Crippen molar-refractivity contribution in [2.24, 2.45) is 11.3 Å². The maximum atomic E-state index is 13.3. The number of hydrogen-bond acceptors (Lipinski definition) is 3. The number of aromatic carboxylic acids is 1. The smallest absolute Gasteiger partial charge is 0.348 e. The predicted molar refractivity (Wildman–Crippen MR) is 118 cm³/mol. The molecule has 0 saturated heterocycles. The molecule has 1 heterocycles. The summed E-state index contributed by atoms with van der Waals surface area (Å²) in [6, 6.07) is 6.37. The summed E-state index contributed by atoms with van der Waals surface area (Å²) in [6.07, 6.45) is 2.03. The van der Waals surface area contributed by atoms with Crippen LogP contribution >= 0.6 is 34.5 Å². The minimum absolute atomic E-state index is 0.0993. The molecule has 4 nitrogen and oxygen atoms in total. The Labute approximate surface area is 184 Å². The molecule has 0 unspecified atom stereocenters. The molecule has 0 radical (unpaired) electrons. The number of carbonyl (C=O) groups excluding carboxylic acids is 1. The van der Waals surface area contributed by atoms with Crippen LogP contribution in [0.2, 0.25) is 10.0 Å². The normalized spacial score (nSPS) is 13.6. The van der Waals surface area contributed by atoms with Crippen LogP contribution in [0.3, 0.4) is 0 Å².